The lowest BCUT2D eigenvalue weighted by atomic mass is 10.0. The molecule has 1 rings (SSSR count). The van der Waals surface area contributed by atoms with Crippen molar-refractivity contribution in [1.29, 1.82) is 0 Å². The Labute approximate surface area is 169 Å². The van der Waals surface area contributed by atoms with Gasteiger partial charge in [0.05, 0.1) is 12.6 Å². The predicted octanol–water partition coefficient (Wildman–Crippen LogP) is 5.17. The second-order valence-corrected chi connectivity index (χ2v) is 9.00. The minimum Gasteiger partial charge on any atom is -0.444 e. The van der Waals surface area contributed by atoms with Crippen LogP contribution in [0.4, 0.5) is 4.79 Å². The summed E-state index contributed by atoms with van der Waals surface area (Å²) in [6, 6.07) is 8.80. The average Bonchev–Trinajstić information content (AvgIpc) is 2.51. The van der Waals surface area contributed by atoms with Crippen molar-refractivity contribution in [3.05, 3.63) is 48.6 Å². The van der Waals surface area contributed by atoms with Gasteiger partial charge in [0.2, 0.25) is 3.79 Å². The van der Waals surface area contributed by atoms with Crippen molar-refractivity contribution in [2.24, 2.45) is 0 Å². The summed E-state index contributed by atoms with van der Waals surface area (Å²) in [6.45, 7) is 8.87. The third-order valence-corrected chi connectivity index (χ3v) is 3.33. The van der Waals surface area contributed by atoms with Crippen LogP contribution in [0.15, 0.2) is 43.0 Å². The molecule has 0 fully saturated rings. The molecular formula is C18H24Cl3NO4. The Balaban J connectivity index is 2.81. The molecule has 0 heterocycles. The molecule has 26 heavy (non-hydrogen) atoms. The van der Waals surface area contributed by atoms with Crippen LogP contribution in [-0.2, 0) is 14.2 Å². The standard InChI is InChI=1S/C18H24Cl3NO4/c1-5-14(25-12-24-11-18(19,20)21)15(13-9-7-6-8-10-13)22-16(23)26-17(2,3)4/h5-10,14-15H,1,11-12H2,2-4H3,(H,22,23)/t14-,15-/m0/s1. The molecule has 0 aliphatic heterocycles. The zero-order chi connectivity index (χ0) is 19.8. The monoisotopic (exact) mass is 423 g/mol. The molecule has 0 saturated heterocycles. The molecule has 0 radical (unpaired) electrons. The number of hydrogen-bond acceptors (Lipinski definition) is 4. The van der Waals surface area contributed by atoms with E-state index < -0.39 is 27.6 Å². The molecule has 0 unspecified atom stereocenters. The van der Waals surface area contributed by atoms with Crippen LogP contribution in [0.25, 0.3) is 0 Å². The van der Waals surface area contributed by atoms with Crippen molar-refractivity contribution < 1.29 is 19.0 Å². The lowest BCUT2D eigenvalue weighted by Crippen LogP contribution is -2.40. The summed E-state index contributed by atoms with van der Waals surface area (Å²) in [5.74, 6) is 0. The van der Waals surface area contributed by atoms with Crippen molar-refractivity contribution in [3.63, 3.8) is 0 Å². The maximum atomic E-state index is 12.2. The van der Waals surface area contributed by atoms with E-state index in [9.17, 15) is 4.79 Å². The second kappa shape index (κ2) is 10.4. The Morgan fingerprint density at radius 1 is 1.23 bits per heavy atom. The third-order valence-electron chi connectivity index (χ3n) is 3.00. The number of alkyl halides is 3. The van der Waals surface area contributed by atoms with Gasteiger partial charge >= 0.3 is 6.09 Å². The number of ether oxygens (including phenoxy) is 3. The Morgan fingerprint density at radius 2 is 1.85 bits per heavy atom. The van der Waals surface area contributed by atoms with Gasteiger partial charge in [0.15, 0.2) is 0 Å². The van der Waals surface area contributed by atoms with E-state index in [1.807, 2.05) is 30.3 Å². The lowest BCUT2D eigenvalue weighted by Gasteiger charge is -2.28. The predicted molar refractivity (Wildman–Crippen MR) is 105 cm³/mol. The van der Waals surface area contributed by atoms with Crippen LogP contribution in [0, 0.1) is 0 Å². The van der Waals surface area contributed by atoms with Crippen LogP contribution in [0.5, 0.6) is 0 Å². The first-order valence-electron chi connectivity index (χ1n) is 7.95. The van der Waals surface area contributed by atoms with E-state index in [1.165, 1.54) is 0 Å². The summed E-state index contributed by atoms with van der Waals surface area (Å²) in [5.41, 5.74) is 0.202. The number of halogens is 3. The zero-order valence-electron chi connectivity index (χ0n) is 15.0. The molecule has 2 atom stereocenters. The van der Waals surface area contributed by atoms with Gasteiger partial charge < -0.3 is 19.5 Å². The Morgan fingerprint density at radius 3 is 2.35 bits per heavy atom. The molecule has 1 amide bonds. The van der Waals surface area contributed by atoms with Gasteiger partial charge in [0.25, 0.3) is 0 Å². The Hall–Kier alpha value is -0.980. The lowest BCUT2D eigenvalue weighted by molar-refractivity contribution is -0.0836. The number of benzene rings is 1. The highest BCUT2D eigenvalue weighted by atomic mass is 35.6. The van der Waals surface area contributed by atoms with Crippen LogP contribution >= 0.6 is 34.8 Å². The molecule has 0 aromatic heterocycles. The molecule has 1 N–H and O–H groups in total. The van der Waals surface area contributed by atoms with Crippen molar-refractivity contribution in [3.8, 4) is 0 Å². The summed E-state index contributed by atoms with van der Waals surface area (Å²) < 4.78 is 14.6. The van der Waals surface area contributed by atoms with Crippen LogP contribution in [-0.4, -0.2) is 35.0 Å². The number of amides is 1. The van der Waals surface area contributed by atoms with Crippen LogP contribution in [0.2, 0.25) is 0 Å². The molecule has 0 aliphatic carbocycles. The van der Waals surface area contributed by atoms with Gasteiger partial charge in [-0.25, -0.2) is 4.79 Å². The van der Waals surface area contributed by atoms with Crippen LogP contribution in [0.3, 0.4) is 0 Å². The van der Waals surface area contributed by atoms with Crippen molar-refractivity contribution >= 4 is 40.9 Å². The molecule has 1 aromatic carbocycles. The number of carbonyl (C=O) groups excluding carboxylic acids is 1. The summed E-state index contributed by atoms with van der Waals surface area (Å²) in [6.07, 6.45) is 0.414. The van der Waals surface area contributed by atoms with Crippen LogP contribution < -0.4 is 5.32 Å². The molecule has 0 aliphatic rings. The minimum absolute atomic E-state index is 0.128. The van der Waals surface area contributed by atoms with Crippen molar-refractivity contribution in [2.75, 3.05) is 13.4 Å². The van der Waals surface area contributed by atoms with E-state index >= 15 is 0 Å². The Bertz CT molecular complexity index is 570. The second-order valence-electron chi connectivity index (χ2n) is 6.48. The van der Waals surface area contributed by atoms with Gasteiger partial charge in [-0.15, -0.1) is 6.58 Å². The van der Waals surface area contributed by atoms with Gasteiger partial charge in [-0.3, -0.25) is 0 Å². The highest BCUT2D eigenvalue weighted by Crippen LogP contribution is 2.26. The van der Waals surface area contributed by atoms with Gasteiger partial charge in [-0.2, -0.15) is 0 Å². The normalized spacial score (nSPS) is 14.4. The molecule has 8 heteroatoms. The topological polar surface area (TPSA) is 56.8 Å². The molecule has 0 bridgehead atoms. The van der Waals surface area contributed by atoms with Gasteiger partial charge in [0.1, 0.15) is 18.5 Å². The minimum atomic E-state index is -1.53. The average molecular weight is 425 g/mol. The third kappa shape index (κ3) is 9.64. The number of nitrogens with one attached hydrogen (secondary N) is 1. The number of alkyl carbamates (subject to hydrolysis) is 1. The summed E-state index contributed by atoms with van der Waals surface area (Å²) >= 11 is 16.9. The zero-order valence-corrected chi connectivity index (χ0v) is 17.3. The van der Waals surface area contributed by atoms with Gasteiger partial charge in [-0.05, 0) is 26.3 Å². The fourth-order valence-electron chi connectivity index (χ4n) is 2.03. The first-order valence-corrected chi connectivity index (χ1v) is 9.08. The maximum absolute atomic E-state index is 12.2. The molecule has 146 valence electrons. The fourth-order valence-corrected chi connectivity index (χ4v) is 2.27. The Kier molecular flexibility index (Phi) is 9.21. The van der Waals surface area contributed by atoms with Crippen LogP contribution in [0.1, 0.15) is 32.4 Å². The SMILES string of the molecule is C=C[C@H](OCOCC(Cl)(Cl)Cl)[C@@H](NC(=O)OC(C)(C)C)c1ccccc1. The first-order chi connectivity index (χ1) is 12.0. The highest BCUT2D eigenvalue weighted by molar-refractivity contribution is 6.67. The smallest absolute Gasteiger partial charge is 0.408 e. The molecule has 0 saturated carbocycles. The number of rotatable bonds is 8. The molecule has 1 aromatic rings. The van der Waals surface area contributed by atoms with Gasteiger partial charge in [0, 0.05) is 0 Å². The quantitative estimate of drug-likeness (QED) is 0.271. The van der Waals surface area contributed by atoms with Crippen molar-refractivity contribution in [1.82, 2.24) is 5.32 Å². The summed E-state index contributed by atoms with van der Waals surface area (Å²) in [7, 11) is 0. The van der Waals surface area contributed by atoms with E-state index in [0.717, 1.165) is 5.56 Å². The van der Waals surface area contributed by atoms with Crippen molar-refractivity contribution in [2.45, 2.75) is 42.3 Å². The first kappa shape index (κ1) is 23.1. The number of hydrogen-bond donors (Lipinski definition) is 1. The largest absolute Gasteiger partial charge is 0.444 e. The molecular weight excluding hydrogens is 401 g/mol. The molecule has 5 nitrogen and oxygen atoms in total. The molecule has 0 spiro atoms. The van der Waals surface area contributed by atoms with E-state index in [2.05, 4.69) is 11.9 Å². The number of carbonyl (C=O) groups is 1. The highest BCUT2D eigenvalue weighted by Gasteiger charge is 2.27. The van der Waals surface area contributed by atoms with Gasteiger partial charge in [-0.1, -0.05) is 71.2 Å². The van der Waals surface area contributed by atoms with E-state index in [-0.39, 0.29) is 13.4 Å². The summed E-state index contributed by atoms with van der Waals surface area (Å²) in [4.78, 5) is 12.2. The van der Waals surface area contributed by atoms with E-state index in [0.29, 0.717) is 0 Å². The fraction of sp³-hybridized carbons (Fsp3) is 0.500. The van der Waals surface area contributed by atoms with E-state index in [4.69, 9.17) is 49.0 Å². The van der Waals surface area contributed by atoms with E-state index in [1.54, 1.807) is 26.8 Å². The maximum Gasteiger partial charge on any atom is 0.408 e. The summed E-state index contributed by atoms with van der Waals surface area (Å²) in [5, 5.41) is 2.81.